The molecule has 1 aliphatic carbocycles. The highest BCUT2D eigenvalue weighted by Crippen LogP contribution is 2.31. The van der Waals surface area contributed by atoms with Gasteiger partial charge in [0.05, 0.1) is 21.4 Å². The molecule has 1 saturated carbocycles. The molecule has 0 atom stereocenters. The van der Waals surface area contributed by atoms with Crippen molar-refractivity contribution in [1.29, 1.82) is 0 Å². The number of nitrogens with one attached hydrogen (secondary N) is 3. The van der Waals surface area contributed by atoms with Crippen LogP contribution < -0.4 is 10.6 Å². The zero-order chi connectivity index (χ0) is 22.2. The molecule has 0 bridgehead atoms. The maximum atomic E-state index is 12.6. The lowest BCUT2D eigenvalue weighted by atomic mass is 10.0. The van der Waals surface area contributed by atoms with Crippen LogP contribution in [0.15, 0.2) is 48.1 Å². The van der Waals surface area contributed by atoms with E-state index in [1.807, 2.05) is 28.7 Å². The van der Waals surface area contributed by atoms with Gasteiger partial charge in [-0.2, -0.15) is 0 Å². The first kappa shape index (κ1) is 20.2. The molecule has 4 aromatic rings. The lowest BCUT2D eigenvalue weighted by molar-refractivity contribution is 0.199. The molecular formula is C25H26N6OS. The van der Waals surface area contributed by atoms with E-state index in [-0.39, 0.29) is 6.03 Å². The Balaban J connectivity index is 1.20. The van der Waals surface area contributed by atoms with Crippen molar-refractivity contribution in [2.45, 2.75) is 38.1 Å². The van der Waals surface area contributed by atoms with Crippen LogP contribution in [0.4, 0.5) is 16.2 Å². The lowest BCUT2D eigenvalue weighted by Crippen LogP contribution is -2.45. The summed E-state index contributed by atoms with van der Waals surface area (Å²) >= 11 is 1.64. The van der Waals surface area contributed by atoms with Crippen molar-refractivity contribution in [3.8, 4) is 0 Å². The maximum absolute atomic E-state index is 12.6. The second kappa shape index (κ2) is 8.51. The van der Waals surface area contributed by atoms with Crippen LogP contribution in [0.5, 0.6) is 0 Å². The normalized spacial score (nSPS) is 17.0. The standard InChI is InChI=1S/C25H26N6OS/c32-25(29-17-3-1-2-4-17)31-11-8-16(9-12-31)22-14-19-20(7-10-26-24(19)30-22)28-18-5-6-21-23(13-18)33-15-27-21/h5-8,10,13-15,17H,1-4,9,11-12H2,(H,29,32)(H2,26,28,30). The highest BCUT2D eigenvalue weighted by molar-refractivity contribution is 7.16. The predicted octanol–water partition coefficient (Wildman–Crippen LogP) is 5.66. The van der Waals surface area contributed by atoms with E-state index >= 15 is 0 Å². The van der Waals surface area contributed by atoms with Crippen molar-refractivity contribution < 1.29 is 4.79 Å². The van der Waals surface area contributed by atoms with E-state index in [2.05, 4.69) is 49.9 Å². The molecular weight excluding hydrogens is 432 g/mol. The van der Waals surface area contributed by atoms with E-state index in [0.717, 1.165) is 64.1 Å². The molecule has 1 aromatic carbocycles. The number of pyridine rings is 1. The van der Waals surface area contributed by atoms with Gasteiger partial charge in [0.25, 0.3) is 0 Å². The van der Waals surface area contributed by atoms with Gasteiger partial charge in [-0.15, -0.1) is 11.3 Å². The number of hydrogen-bond acceptors (Lipinski definition) is 5. The molecule has 0 saturated heterocycles. The van der Waals surface area contributed by atoms with Crippen molar-refractivity contribution in [2.24, 2.45) is 0 Å². The Kier molecular flexibility index (Phi) is 5.22. The molecule has 7 nitrogen and oxygen atoms in total. The number of urea groups is 1. The Labute approximate surface area is 195 Å². The molecule has 2 aliphatic rings. The quantitative estimate of drug-likeness (QED) is 0.368. The molecule has 168 valence electrons. The van der Waals surface area contributed by atoms with Gasteiger partial charge in [0, 0.05) is 42.1 Å². The van der Waals surface area contributed by atoms with Gasteiger partial charge in [-0.1, -0.05) is 18.9 Å². The molecule has 0 unspecified atom stereocenters. The van der Waals surface area contributed by atoms with E-state index in [1.54, 1.807) is 11.3 Å². The molecule has 1 fully saturated rings. The summed E-state index contributed by atoms with van der Waals surface area (Å²) in [6.07, 6.45) is 9.47. The molecule has 3 N–H and O–H groups in total. The molecule has 0 radical (unpaired) electrons. The second-order valence-corrected chi connectivity index (χ2v) is 9.71. The number of H-pyrrole nitrogens is 1. The summed E-state index contributed by atoms with van der Waals surface area (Å²) in [6, 6.07) is 10.8. The maximum Gasteiger partial charge on any atom is 0.317 e. The third-order valence-electron chi connectivity index (χ3n) is 6.67. The van der Waals surface area contributed by atoms with E-state index < -0.39 is 0 Å². The number of anilines is 2. The number of carbonyl (C=O) groups excluding carboxylic acids is 1. The lowest BCUT2D eigenvalue weighted by Gasteiger charge is -2.28. The molecule has 0 spiro atoms. The van der Waals surface area contributed by atoms with Crippen LogP contribution in [-0.2, 0) is 0 Å². The molecule has 2 amide bonds. The van der Waals surface area contributed by atoms with Gasteiger partial charge in [-0.25, -0.2) is 14.8 Å². The van der Waals surface area contributed by atoms with Crippen molar-refractivity contribution in [1.82, 2.24) is 25.2 Å². The minimum atomic E-state index is 0.0694. The summed E-state index contributed by atoms with van der Waals surface area (Å²) in [6.45, 7) is 1.36. The van der Waals surface area contributed by atoms with Crippen LogP contribution >= 0.6 is 11.3 Å². The molecule has 1 aliphatic heterocycles. The fourth-order valence-corrected chi connectivity index (χ4v) is 5.55. The Morgan fingerprint density at radius 3 is 2.91 bits per heavy atom. The van der Waals surface area contributed by atoms with E-state index in [4.69, 9.17) is 0 Å². The topological polar surface area (TPSA) is 85.9 Å². The monoisotopic (exact) mass is 458 g/mol. The van der Waals surface area contributed by atoms with Crippen molar-refractivity contribution in [3.63, 3.8) is 0 Å². The van der Waals surface area contributed by atoms with Gasteiger partial charge in [0.15, 0.2) is 0 Å². The summed E-state index contributed by atoms with van der Waals surface area (Å²) in [5.41, 5.74) is 8.09. The van der Waals surface area contributed by atoms with Gasteiger partial charge in [-0.05, 0) is 55.2 Å². The summed E-state index contributed by atoms with van der Waals surface area (Å²) in [5.74, 6) is 0. The number of aromatic amines is 1. The average Bonchev–Trinajstić information content (AvgIpc) is 3.60. The van der Waals surface area contributed by atoms with Crippen LogP contribution in [-0.4, -0.2) is 45.0 Å². The number of thiazole rings is 1. The number of amides is 2. The van der Waals surface area contributed by atoms with Crippen LogP contribution in [0.25, 0.3) is 26.8 Å². The van der Waals surface area contributed by atoms with Gasteiger partial charge in [-0.3, -0.25) is 0 Å². The van der Waals surface area contributed by atoms with Crippen LogP contribution in [0.1, 0.15) is 37.8 Å². The van der Waals surface area contributed by atoms with Gasteiger partial charge in [0.1, 0.15) is 5.65 Å². The van der Waals surface area contributed by atoms with E-state index in [9.17, 15) is 4.79 Å². The van der Waals surface area contributed by atoms with Crippen LogP contribution in [0, 0.1) is 0 Å². The summed E-state index contributed by atoms with van der Waals surface area (Å²) in [4.78, 5) is 26.8. The molecule has 4 heterocycles. The number of fused-ring (bicyclic) bond motifs is 2. The minimum absolute atomic E-state index is 0.0694. The molecule has 8 heteroatoms. The number of hydrogen-bond donors (Lipinski definition) is 3. The Hall–Kier alpha value is -3.39. The predicted molar refractivity (Wildman–Crippen MR) is 134 cm³/mol. The van der Waals surface area contributed by atoms with Crippen molar-refractivity contribution >= 4 is 55.6 Å². The zero-order valence-electron chi connectivity index (χ0n) is 18.3. The molecule has 33 heavy (non-hydrogen) atoms. The smallest absolute Gasteiger partial charge is 0.317 e. The summed E-state index contributed by atoms with van der Waals surface area (Å²) < 4.78 is 1.16. The highest BCUT2D eigenvalue weighted by Gasteiger charge is 2.23. The SMILES string of the molecule is O=C(NC1CCCC1)N1CC=C(c2cc3c(Nc4ccc5ncsc5c4)ccnc3[nH]2)CC1. The van der Waals surface area contributed by atoms with Gasteiger partial charge < -0.3 is 20.5 Å². The van der Waals surface area contributed by atoms with Crippen molar-refractivity contribution in [3.05, 3.63) is 53.8 Å². The average molecular weight is 459 g/mol. The fraction of sp³-hybridized carbons (Fsp3) is 0.320. The van der Waals surface area contributed by atoms with Crippen molar-refractivity contribution in [2.75, 3.05) is 18.4 Å². The summed E-state index contributed by atoms with van der Waals surface area (Å²) in [5, 5.41) is 7.79. The third kappa shape index (κ3) is 4.06. The van der Waals surface area contributed by atoms with Crippen LogP contribution in [0.3, 0.4) is 0 Å². The highest BCUT2D eigenvalue weighted by atomic mass is 32.1. The number of carbonyl (C=O) groups is 1. The van der Waals surface area contributed by atoms with Gasteiger partial charge >= 0.3 is 6.03 Å². The Morgan fingerprint density at radius 1 is 1.15 bits per heavy atom. The third-order valence-corrected chi connectivity index (χ3v) is 7.46. The zero-order valence-corrected chi connectivity index (χ0v) is 19.1. The largest absolute Gasteiger partial charge is 0.355 e. The number of benzene rings is 1. The first-order valence-electron chi connectivity index (χ1n) is 11.6. The number of rotatable bonds is 4. The first-order chi connectivity index (χ1) is 16.2. The first-order valence-corrected chi connectivity index (χ1v) is 12.4. The number of aromatic nitrogens is 3. The molecule has 6 rings (SSSR count). The minimum Gasteiger partial charge on any atom is -0.355 e. The molecule has 3 aromatic heterocycles. The summed E-state index contributed by atoms with van der Waals surface area (Å²) in [7, 11) is 0. The van der Waals surface area contributed by atoms with E-state index in [0.29, 0.717) is 12.6 Å². The Morgan fingerprint density at radius 2 is 2.06 bits per heavy atom. The van der Waals surface area contributed by atoms with Crippen LogP contribution in [0.2, 0.25) is 0 Å². The van der Waals surface area contributed by atoms with E-state index in [1.165, 1.54) is 18.4 Å². The fourth-order valence-electron chi connectivity index (χ4n) is 4.83. The second-order valence-electron chi connectivity index (χ2n) is 8.82. The Bertz CT molecular complexity index is 1350. The van der Waals surface area contributed by atoms with Gasteiger partial charge in [0.2, 0.25) is 0 Å². The number of nitrogens with zero attached hydrogens (tertiary/aromatic N) is 3.